The van der Waals surface area contributed by atoms with Crippen LogP contribution < -0.4 is 0 Å². The van der Waals surface area contributed by atoms with Gasteiger partial charge in [-0.2, -0.15) is 0 Å². The smallest absolute Gasteiger partial charge is 0.175 e. The Hall–Kier alpha value is -1.35. The fourth-order valence-corrected chi connectivity index (χ4v) is 2.56. The maximum atomic E-state index is 11.5. The lowest BCUT2D eigenvalue weighted by Gasteiger charge is -2.07. The summed E-state index contributed by atoms with van der Waals surface area (Å²) < 4.78 is 22.9. The molecule has 1 rings (SSSR count). The molecular weight excluding hydrogens is 268 g/mol. The first kappa shape index (κ1) is 16.7. The van der Waals surface area contributed by atoms with Gasteiger partial charge in [0.05, 0.1) is 4.90 Å². The largest absolute Gasteiger partial charge is 0.224 e. The van der Waals surface area contributed by atoms with E-state index in [0.29, 0.717) is 4.90 Å². The highest BCUT2D eigenvalue weighted by atomic mass is 32.2. The fourth-order valence-electron chi connectivity index (χ4n) is 1.93. The van der Waals surface area contributed by atoms with Gasteiger partial charge in [-0.3, -0.25) is 0 Å². The Morgan fingerprint density at radius 1 is 1.15 bits per heavy atom. The predicted octanol–water partition coefficient (Wildman–Crippen LogP) is 4.63. The summed E-state index contributed by atoms with van der Waals surface area (Å²) >= 11 is 0. The summed E-state index contributed by atoms with van der Waals surface area (Å²) in [6.45, 7) is 4.28. The lowest BCUT2D eigenvalue weighted by atomic mass is 10.00. The number of sulfone groups is 1. The normalized spacial score (nSPS) is 13.1. The van der Waals surface area contributed by atoms with Crippen LogP contribution in [0.4, 0.5) is 0 Å². The Labute approximate surface area is 123 Å². The topological polar surface area (TPSA) is 34.1 Å². The van der Waals surface area contributed by atoms with Crippen LogP contribution in [0.15, 0.2) is 47.4 Å². The van der Waals surface area contributed by atoms with E-state index in [1.54, 1.807) is 12.1 Å². The van der Waals surface area contributed by atoms with Gasteiger partial charge >= 0.3 is 0 Å². The standard InChI is InChI=1S/C17H24O2S/c1-4-6-8-10-15(9-7-5-2)16-11-13-17(14-12-16)20(3,18)19/h6,8,10-14H,4-5,7,9H2,1-3H3/b8-6+,15-10-. The third kappa shape index (κ3) is 5.33. The maximum Gasteiger partial charge on any atom is 0.175 e. The van der Waals surface area contributed by atoms with E-state index in [2.05, 4.69) is 32.1 Å². The second-order valence-electron chi connectivity index (χ2n) is 4.93. The van der Waals surface area contributed by atoms with Crippen LogP contribution in [0.5, 0.6) is 0 Å². The van der Waals surface area contributed by atoms with Gasteiger partial charge in [-0.15, -0.1) is 0 Å². The van der Waals surface area contributed by atoms with Crippen LogP contribution in [0.2, 0.25) is 0 Å². The van der Waals surface area contributed by atoms with Crippen molar-refractivity contribution < 1.29 is 8.42 Å². The van der Waals surface area contributed by atoms with Gasteiger partial charge in [0.2, 0.25) is 0 Å². The van der Waals surface area contributed by atoms with Crippen molar-refractivity contribution in [2.24, 2.45) is 0 Å². The number of hydrogen-bond donors (Lipinski definition) is 0. The first-order chi connectivity index (χ1) is 9.49. The Bertz CT molecular complexity index is 564. The summed E-state index contributed by atoms with van der Waals surface area (Å²) in [4.78, 5) is 0.375. The van der Waals surface area contributed by atoms with E-state index in [-0.39, 0.29) is 0 Å². The number of rotatable bonds is 7. The molecule has 0 spiro atoms. The van der Waals surface area contributed by atoms with Crippen LogP contribution in [0.1, 0.15) is 45.1 Å². The van der Waals surface area contributed by atoms with Crippen LogP contribution in [-0.4, -0.2) is 14.7 Å². The zero-order chi connectivity index (χ0) is 15.0. The zero-order valence-corrected chi connectivity index (χ0v) is 13.4. The quantitative estimate of drug-likeness (QED) is 0.687. The molecule has 0 unspecified atom stereocenters. The molecule has 0 radical (unpaired) electrons. The van der Waals surface area contributed by atoms with E-state index in [1.165, 1.54) is 11.8 Å². The molecule has 0 amide bonds. The summed E-state index contributed by atoms with van der Waals surface area (Å²) in [7, 11) is -3.12. The number of hydrogen-bond acceptors (Lipinski definition) is 2. The van der Waals surface area contributed by atoms with Crippen molar-refractivity contribution in [1.29, 1.82) is 0 Å². The van der Waals surface area contributed by atoms with Crippen LogP contribution >= 0.6 is 0 Å². The van der Waals surface area contributed by atoms with Crippen LogP contribution in [-0.2, 0) is 9.84 Å². The van der Waals surface area contributed by atoms with Gasteiger partial charge < -0.3 is 0 Å². The van der Waals surface area contributed by atoms with E-state index in [4.69, 9.17) is 0 Å². The van der Waals surface area contributed by atoms with Crippen LogP contribution in [0.25, 0.3) is 5.57 Å². The van der Waals surface area contributed by atoms with Crippen molar-refractivity contribution in [3.63, 3.8) is 0 Å². The molecule has 0 N–H and O–H groups in total. The van der Waals surface area contributed by atoms with Crippen molar-refractivity contribution in [1.82, 2.24) is 0 Å². The average Bonchev–Trinajstić information content (AvgIpc) is 2.42. The minimum absolute atomic E-state index is 0.375. The fraction of sp³-hybridized carbons (Fsp3) is 0.412. The number of allylic oxidation sites excluding steroid dienone is 4. The Balaban J connectivity index is 3.02. The second kappa shape index (κ2) is 8.05. The van der Waals surface area contributed by atoms with E-state index < -0.39 is 9.84 Å². The molecule has 0 fully saturated rings. The van der Waals surface area contributed by atoms with Crippen molar-refractivity contribution in [2.75, 3.05) is 6.26 Å². The Morgan fingerprint density at radius 2 is 1.80 bits per heavy atom. The maximum absolute atomic E-state index is 11.5. The predicted molar refractivity (Wildman–Crippen MR) is 86.5 cm³/mol. The first-order valence-corrected chi connectivity index (χ1v) is 9.04. The molecule has 0 aliphatic rings. The second-order valence-corrected chi connectivity index (χ2v) is 6.94. The Morgan fingerprint density at radius 3 is 2.30 bits per heavy atom. The minimum atomic E-state index is -3.12. The van der Waals surface area contributed by atoms with Gasteiger partial charge in [0.1, 0.15) is 0 Å². The van der Waals surface area contributed by atoms with Crippen molar-refractivity contribution in [2.45, 2.75) is 44.4 Å². The lowest BCUT2D eigenvalue weighted by molar-refractivity contribution is 0.602. The molecule has 0 saturated carbocycles. The van der Waals surface area contributed by atoms with Gasteiger partial charge in [0, 0.05) is 6.26 Å². The van der Waals surface area contributed by atoms with Gasteiger partial charge in [-0.1, -0.05) is 50.6 Å². The molecule has 0 atom stereocenters. The Kier molecular flexibility index (Phi) is 6.73. The molecule has 0 aliphatic carbocycles. The highest BCUT2D eigenvalue weighted by molar-refractivity contribution is 7.90. The van der Waals surface area contributed by atoms with Crippen LogP contribution in [0.3, 0.4) is 0 Å². The van der Waals surface area contributed by atoms with E-state index >= 15 is 0 Å². The molecule has 0 heterocycles. The molecule has 1 aromatic rings. The van der Waals surface area contributed by atoms with Gasteiger partial charge in [-0.05, 0) is 42.5 Å². The summed E-state index contributed by atoms with van der Waals surface area (Å²) in [5, 5.41) is 0. The van der Waals surface area contributed by atoms with Crippen molar-refractivity contribution in [3.8, 4) is 0 Å². The SMILES string of the molecule is CC/C=C/C=C(/CCCC)c1ccc(S(C)(=O)=O)cc1. The van der Waals surface area contributed by atoms with Crippen LogP contribution in [0, 0.1) is 0 Å². The molecule has 20 heavy (non-hydrogen) atoms. The molecule has 0 bridgehead atoms. The van der Waals surface area contributed by atoms with Gasteiger partial charge in [0.25, 0.3) is 0 Å². The monoisotopic (exact) mass is 292 g/mol. The lowest BCUT2D eigenvalue weighted by Crippen LogP contribution is -1.97. The third-order valence-corrected chi connectivity index (χ3v) is 4.25. The van der Waals surface area contributed by atoms with E-state index in [0.717, 1.165) is 31.2 Å². The summed E-state index contributed by atoms with van der Waals surface area (Å²) in [6, 6.07) is 7.18. The number of unbranched alkanes of at least 4 members (excludes halogenated alkanes) is 1. The summed E-state index contributed by atoms with van der Waals surface area (Å²) in [6.07, 6.45) is 11.9. The van der Waals surface area contributed by atoms with Gasteiger partial charge in [0.15, 0.2) is 9.84 Å². The third-order valence-electron chi connectivity index (χ3n) is 3.12. The molecule has 110 valence electrons. The molecule has 3 heteroatoms. The summed E-state index contributed by atoms with van der Waals surface area (Å²) in [5.41, 5.74) is 2.36. The molecule has 0 aliphatic heterocycles. The number of benzene rings is 1. The molecular formula is C17H24O2S. The zero-order valence-electron chi connectivity index (χ0n) is 12.6. The summed E-state index contributed by atoms with van der Waals surface area (Å²) in [5.74, 6) is 0. The molecule has 1 aromatic carbocycles. The van der Waals surface area contributed by atoms with Gasteiger partial charge in [-0.25, -0.2) is 8.42 Å². The van der Waals surface area contributed by atoms with Crippen molar-refractivity contribution >= 4 is 15.4 Å². The molecule has 0 aromatic heterocycles. The van der Waals surface area contributed by atoms with E-state index in [1.807, 2.05) is 12.1 Å². The van der Waals surface area contributed by atoms with E-state index in [9.17, 15) is 8.42 Å². The highest BCUT2D eigenvalue weighted by Crippen LogP contribution is 2.22. The first-order valence-electron chi connectivity index (χ1n) is 7.15. The molecule has 0 saturated heterocycles. The van der Waals surface area contributed by atoms with Crippen molar-refractivity contribution in [3.05, 3.63) is 48.1 Å². The molecule has 2 nitrogen and oxygen atoms in total. The minimum Gasteiger partial charge on any atom is -0.224 e. The highest BCUT2D eigenvalue weighted by Gasteiger charge is 2.07. The average molecular weight is 292 g/mol.